The minimum atomic E-state index is -0.239. The predicted molar refractivity (Wildman–Crippen MR) is 147 cm³/mol. The Morgan fingerprint density at radius 2 is 1.14 bits per heavy atom. The molecule has 3 aromatic rings. The van der Waals surface area contributed by atoms with Gasteiger partial charge in [-0.25, -0.2) is 9.59 Å². The number of likely N-dealkylation sites (tertiary alicyclic amines) is 1. The largest absolute Gasteiger partial charge is 0.323 e. The van der Waals surface area contributed by atoms with E-state index in [-0.39, 0.29) is 12.1 Å². The molecule has 1 aliphatic carbocycles. The number of nitrogens with zero attached hydrogens (tertiary/aromatic N) is 1. The molecule has 2 aliphatic rings. The normalized spacial score (nSPS) is 21.5. The Morgan fingerprint density at radius 3 is 1.61 bits per heavy atom. The summed E-state index contributed by atoms with van der Waals surface area (Å²) in [7, 11) is 0. The average molecular weight is 485 g/mol. The molecule has 36 heavy (non-hydrogen) atoms. The summed E-state index contributed by atoms with van der Waals surface area (Å²) in [5, 5.41) is 8.51. The number of carbonyl (C=O) groups excluding carboxylic acids is 2. The van der Waals surface area contributed by atoms with E-state index >= 15 is 0 Å². The first-order chi connectivity index (χ1) is 17.2. The number of rotatable bonds is 3. The molecule has 3 aromatic carbocycles. The summed E-state index contributed by atoms with van der Waals surface area (Å²) in [6.45, 7) is 7.88. The fourth-order valence-electron chi connectivity index (χ4n) is 5.75. The number of hydrogen-bond donors (Lipinski definition) is 3. The van der Waals surface area contributed by atoms with Gasteiger partial charge in [0, 0.05) is 29.6 Å². The second kappa shape index (κ2) is 10.9. The van der Waals surface area contributed by atoms with Gasteiger partial charge in [-0.15, -0.1) is 0 Å². The zero-order valence-corrected chi connectivity index (χ0v) is 21.3. The van der Waals surface area contributed by atoms with Gasteiger partial charge in [0.25, 0.3) is 0 Å². The van der Waals surface area contributed by atoms with Crippen molar-refractivity contribution >= 4 is 29.1 Å². The van der Waals surface area contributed by atoms with E-state index < -0.39 is 0 Å². The first-order valence-electron chi connectivity index (χ1n) is 12.5. The fraction of sp³-hybridized carbons (Fsp3) is 0.333. The first-order valence-corrected chi connectivity index (χ1v) is 12.5. The van der Waals surface area contributed by atoms with Crippen LogP contribution in [0.3, 0.4) is 0 Å². The van der Waals surface area contributed by atoms with E-state index in [1.165, 1.54) is 6.42 Å². The second-order valence-corrected chi connectivity index (χ2v) is 10.9. The van der Waals surface area contributed by atoms with Gasteiger partial charge in [-0.3, -0.25) is 0 Å². The molecule has 0 radical (unpaired) electrons. The van der Waals surface area contributed by atoms with Gasteiger partial charge in [-0.2, -0.15) is 0 Å². The molecular formula is C30H36N4O2. The monoisotopic (exact) mass is 484 g/mol. The maximum atomic E-state index is 12.5. The lowest BCUT2D eigenvalue weighted by Gasteiger charge is -2.39. The molecule has 2 fully saturated rings. The van der Waals surface area contributed by atoms with E-state index in [4.69, 9.17) is 0 Å². The van der Waals surface area contributed by atoms with Crippen LogP contribution in [0.15, 0.2) is 91.0 Å². The molecule has 0 spiro atoms. The van der Waals surface area contributed by atoms with Crippen molar-refractivity contribution in [2.24, 2.45) is 10.8 Å². The van der Waals surface area contributed by atoms with Crippen LogP contribution in [0.2, 0.25) is 0 Å². The van der Waals surface area contributed by atoms with Crippen LogP contribution in [-0.2, 0) is 0 Å². The first kappa shape index (κ1) is 25.3. The zero-order chi connectivity index (χ0) is 25.6. The van der Waals surface area contributed by atoms with E-state index in [0.717, 1.165) is 36.4 Å². The molecule has 1 saturated carbocycles. The third-order valence-electron chi connectivity index (χ3n) is 6.76. The van der Waals surface area contributed by atoms with Crippen LogP contribution in [-0.4, -0.2) is 29.5 Å². The summed E-state index contributed by atoms with van der Waals surface area (Å²) in [4.78, 5) is 26.1. The van der Waals surface area contributed by atoms with E-state index in [1.54, 1.807) is 0 Å². The SMILES string of the molecule is CC1(C)CC2CC(C)(CN2C(=O)Nc2ccccc2)C1.O=C(Nc1ccccc1)Nc1ccccc1. The molecule has 3 N–H and O–H groups in total. The van der Waals surface area contributed by atoms with Gasteiger partial charge in [0.1, 0.15) is 0 Å². The molecular weight excluding hydrogens is 448 g/mol. The highest BCUT2D eigenvalue weighted by molar-refractivity contribution is 5.99. The van der Waals surface area contributed by atoms with Crippen molar-refractivity contribution in [3.63, 3.8) is 0 Å². The molecule has 2 atom stereocenters. The highest BCUT2D eigenvalue weighted by Gasteiger charge is 2.50. The molecule has 2 bridgehead atoms. The minimum Gasteiger partial charge on any atom is -0.321 e. The number of anilines is 3. The van der Waals surface area contributed by atoms with Gasteiger partial charge in [0.05, 0.1) is 0 Å². The highest BCUT2D eigenvalue weighted by Crippen LogP contribution is 2.52. The molecule has 188 valence electrons. The van der Waals surface area contributed by atoms with Crippen molar-refractivity contribution in [2.75, 3.05) is 22.5 Å². The van der Waals surface area contributed by atoms with E-state index in [2.05, 4.69) is 41.6 Å². The summed E-state index contributed by atoms with van der Waals surface area (Å²) in [5.74, 6) is 0. The molecule has 5 rings (SSSR count). The summed E-state index contributed by atoms with van der Waals surface area (Å²) in [6, 6.07) is 28.6. The smallest absolute Gasteiger partial charge is 0.321 e. The van der Waals surface area contributed by atoms with Crippen molar-refractivity contribution in [1.29, 1.82) is 0 Å². The van der Waals surface area contributed by atoms with Crippen LogP contribution in [0.5, 0.6) is 0 Å². The van der Waals surface area contributed by atoms with Gasteiger partial charge >= 0.3 is 12.1 Å². The van der Waals surface area contributed by atoms with Crippen molar-refractivity contribution in [1.82, 2.24) is 4.90 Å². The summed E-state index contributed by atoms with van der Waals surface area (Å²) < 4.78 is 0. The zero-order valence-electron chi connectivity index (χ0n) is 21.3. The van der Waals surface area contributed by atoms with Gasteiger partial charge < -0.3 is 20.9 Å². The summed E-state index contributed by atoms with van der Waals surface area (Å²) in [6.07, 6.45) is 3.48. The lowest BCUT2D eigenvalue weighted by Crippen LogP contribution is -2.40. The van der Waals surface area contributed by atoms with Crippen LogP contribution in [0, 0.1) is 10.8 Å². The number of nitrogens with one attached hydrogen (secondary N) is 3. The Labute approximate surface area is 214 Å². The maximum Gasteiger partial charge on any atom is 0.323 e. The lowest BCUT2D eigenvalue weighted by molar-refractivity contribution is 0.130. The van der Waals surface area contributed by atoms with Crippen LogP contribution in [0.4, 0.5) is 26.7 Å². The van der Waals surface area contributed by atoms with Crippen molar-refractivity contribution in [2.45, 2.75) is 46.1 Å². The fourth-order valence-corrected chi connectivity index (χ4v) is 5.75. The van der Waals surface area contributed by atoms with Crippen LogP contribution in [0.25, 0.3) is 0 Å². The molecule has 4 amide bonds. The average Bonchev–Trinajstić information content (AvgIpc) is 3.10. The Bertz CT molecular complexity index is 1110. The van der Waals surface area contributed by atoms with Crippen LogP contribution < -0.4 is 16.0 Å². The molecule has 1 saturated heterocycles. The van der Waals surface area contributed by atoms with Gasteiger partial charge in [0.15, 0.2) is 0 Å². The van der Waals surface area contributed by atoms with Crippen molar-refractivity contribution in [3.8, 4) is 0 Å². The molecule has 1 heterocycles. The Hall–Kier alpha value is -3.80. The Balaban J connectivity index is 0.000000174. The topological polar surface area (TPSA) is 73.5 Å². The van der Waals surface area contributed by atoms with Gasteiger partial charge in [0.2, 0.25) is 0 Å². The predicted octanol–water partition coefficient (Wildman–Crippen LogP) is 7.45. The van der Waals surface area contributed by atoms with Crippen LogP contribution >= 0.6 is 0 Å². The number of urea groups is 2. The van der Waals surface area contributed by atoms with Crippen molar-refractivity contribution in [3.05, 3.63) is 91.0 Å². The number of benzene rings is 3. The highest BCUT2D eigenvalue weighted by atomic mass is 16.2. The third kappa shape index (κ3) is 6.87. The quantitative estimate of drug-likeness (QED) is 0.361. The van der Waals surface area contributed by atoms with Crippen molar-refractivity contribution < 1.29 is 9.59 Å². The number of amides is 4. The second-order valence-electron chi connectivity index (χ2n) is 10.9. The minimum absolute atomic E-state index is 0.0580. The Morgan fingerprint density at radius 1 is 0.694 bits per heavy atom. The Kier molecular flexibility index (Phi) is 7.63. The van der Waals surface area contributed by atoms with E-state index in [9.17, 15) is 9.59 Å². The molecule has 6 heteroatoms. The maximum absolute atomic E-state index is 12.5. The number of carbonyl (C=O) groups is 2. The lowest BCUT2D eigenvalue weighted by atomic mass is 9.65. The number of fused-ring (bicyclic) bond motifs is 2. The van der Waals surface area contributed by atoms with Gasteiger partial charge in [-0.1, -0.05) is 75.4 Å². The van der Waals surface area contributed by atoms with E-state index in [0.29, 0.717) is 16.9 Å². The van der Waals surface area contributed by atoms with Crippen LogP contribution in [0.1, 0.15) is 40.0 Å². The summed E-state index contributed by atoms with van der Waals surface area (Å²) in [5.41, 5.74) is 3.06. The van der Waals surface area contributed by atoms with E-state index in [1.807, 2.05) is 91.0 Å². The van der Waals surface area contributed by atoms with Gasteiger partial charge in [-0.05, 0) is 66.5 Å². The molecule has 1 aliphatic heterocycles. The molecule has 6 nitrogen and oxygen atoms in total. The third-order valence-corrected chi connectivity index (χ3v) is 6.76. The standard InChI is InChI=1S/C17H24N2O.C13H12N2O/c1-16(2)9-14-10-17(3,11-16)12-19(14)15(20)18-13-7-5-4-6-8-13;16-13(14-11-7-3-1-4-8-11)15-12-9-5-2-6-10-12/h4-8,14H,9-12H2,1-3H3,(H,18,20);1-10H,(H2,14,15,16). The molecule has 2 unspecified atom stereocenters. The summed E-state index contributed by atoms with van der Waals surface area (Å²) >= 11 is 0. The number of para-hydroxylation sites is 3. The number of hydrogen-bond acceptors (Lipinski definition) is 2. The molecule has 0 aromatic heterocycles.